The van der Waals surface area contributed by atoms with Crippen LogP contribution in [0, 0.1) is 17.1 Å². The quantitative estimate of drug-likeness (QED) is 0.776. The second kappa shape index (κ2) is 7.36. The van der Waals surface area contributed by atoms with Gasteiger partial charge in [0.2, 0.25) is 5.91 Å². The number of hydrogen-bond donors (Lipinski definition) is 1. The Hall–Kier alpha value is -3.53. The van der Waals surface area contributed by atoms with Crippen LogP contribution in [-0.4, -0.2) is 20.9 Å². The number of rotatable bonds is 5. The second-order valence-electron chi connectivity index (χ2n) is 5.32. The van der Waals surface area contributed by atoms with Crippen molar-refractivity contribution >= 4 is 5.91 Å². The Labute approximate surface area is 143 Å². The number of nitriles is 1. The molecule has 3 rings (SSSR count). The minimum Gasteiger partial charge on any atom is -0.335 e. The standard InChI is InChI=1S/C18H14FN5O/c19-15-9-5-4-8-14(15)16(10-20)21-18(25)12-24-11-17(22-23-24)13-6-2-1-3-7-13/h1-9,11,16H,12H2,(H,21,25)/t16-/m0/s1. The van der Waals surface area contributed by atoms with Gasteiger partial charge in [0.1, 0.15) is 24.1 Å². The minimum absolute atomic E-state index is 0.119. The summed E-state index contributed by atoms with van der Waals surface area (Å²) in [7, 11) is 0. The van der Waals surface area contributed by atoms with E-state index in [9.17, 15) is 14.4 Å². The number of hydrogen-bond acceptors (Lipinski definition) is 4. The molecule has 25 heavy (non-hydrogen) atoms. The van der Waals surface area contributed by atoms with E-state index < -0.39 is 17.8 Å². The molecule has 0 radical (unpaired) electrons. The second-order valence-corrected chi connectivity index (χ2v) is 5.32. The summed E-state index contributed by atoms with van der Waals surface area (Å²) in [4.78, 5) is 12.1. The molecule has 0 aliphatic rings. The molecule has 0 spiro atoms. The summed E-state index contributed by atoms with van der Waals surface area (Å²) >= 11 is 0. The third kappa shape index (κ3) is 3.87. The molecule has 3 aromatic rings. The zero-order valence-corrected chi connectivity index (χ0v) is 13.1. The Morgan fingerprint density at radius 3 is 2.64 bits per heavy atom. The lowest BCUT2D eigenvalue weighted by molar-refractivity contribution is -0.122. The number of amides is 1. The lowest BCUT2D eigenvalue weighted by Gasteiger charge is -2.12. The molecule has 2 aromatic carbocycles. The number of carbonyl (C=O) groups is 1. The molecule has 124 valence electrons. The van der Waals surface area contributed by atoms with Gasteiger partial charge in [-0.15, -0.1) is 5.10 Å². The highest BCUT2D eigenvalue weighted by molar-refractivity contribution is 5.76. The van der Waals surface area contributed by atoms with E-state index >= 15 is 0 Å². The summed E-state index contributed by atoms with van der Waals surface area (Å²) in [5.41, 5.74) is 1.65. The van der Waals surface area contributed by atoms with Crippen LogP contribution in [0.3, 0.4) is 0 Å². The van der Waals surface area contributed by atoms with Gasteiger partial charge in [-0.1, -0.05) is 53.7 Å². The van der Waals surface area contributed by atoms with Crippen LogP contribution in [0.15, 0.2) is 60.8 Å². The zero-order valence-electron chi connectivity index (χ0n) is 13.1. The van der Waals surface area contributed by atoms with E-state index in [0.29, 0.717) is 5.69 Å². The molecule has 0 saturated heterocycles. The maximum absolute atomic E-state index is 13.8. The van der Waals surface area contributed by atoms with Crippen molar-refractivity contribution in [1.29, 1.82) is 5.26 Å². The van der Waals surface area contributed by atoms with Gasteiger partial charge in [0, 0.05) is 11.1 Å². The Kier molecular flexibility index (Phi) is 4.81. The number of benzene rings is 2. The van der Waals surface area contributed by atoms with Gasteiger partial charge in [-0.3, -0.25) is 4.79 Å². The van der Waals surface area contributed by atoms with Crippen molar-refractivity contribution in [1.82, 2.24) is 20.3 Å². The average Bonchev–Trinajstić information content (AvgIpc) is 3.09. The van der Waals surface area contributed by atoms with Gasteiger partial charge in [-0.25, -0.2) is 9.07 Å². The fourth-order valence-corrected chi connectivity index (χ4v) is 2.36. The number of aromatic nitrogens is 3. The Balaban J connectivity index is 1.68. The van der Waals surface area contributed by atoms with Gasteiger partial charge in [-0.05, 0) is 6.07 Å². The maximum Gasteiger partial charge on any atom is 0.243 e. The first kappa shape index (κ1) is 16.3. The molecule has 0 aliphatic carbocycles. The Bertz CT molecular complexity index is 916. The largest absolute Gasteiger partial charge is 0.335 e. The summed E-state index contributed by atoms with van der Waals surface area (Å²) in [6.45, 7) is -0.119. The predicted molar refractivity (Wildman–Crippen MR) is 88.4 cm³/mol. The van der Waals surface area contributed by atoms with Crippen molar-refractivity contribution in [3.63, 3.8) is 0 Å². The first-order valence-corrected chi connectivity index (χ1v) is 7.56. The zero-order chi connectivity index (χ0) is 17.6. The molecule has 1 atom stereocenters. The molecular weight excluding hydrogens is 321 g/mol. The van der Waals surface area contributed by atoms with E-state index in [2.05, 4.69) is 15.6 Å². The van der Waals surface area contributed by atoms with Crippen LogP contribution in [-0.2, 0) is 11.3 Å². The molecule has 0 unspecified atom stereocenters. The number of nitrogens with zero attached hydrogens (tertiary/aromatic N) is 4. The van der Waals surface area contributed by atoms with E-state index in [1.54, 1.807) is 12.3 Å². The van der Waals surface area contributed by atoms with Crippen LogP contribution in [0.4, 0.5) is 4.39 Å². The van der Waals surface area contributed by atoms with Gasteiger partial charge in [0.15, 0.2) is 0 Å². The molecule has 1 N–H and O–H groups in total. The number of halogens is 1. The van der Waals surface area contributed by atoms with Crippen molar-refractivity contribution in [3.05, 3.63) is 72.2 Å². The van der Waals surface area contributed by atoms with Crippen LogP contribution in [0.25, 0.3) is 11.3 Å². The van der Waals surface area contributed by atoms with Gasteiger partial charge < -0.3 is 5.32 Å². The molecule has 7 heteroatoms. The molecule has 1 heterocycles. The number of nitrogens with one attached hydrogen (secondary N) is 1. The highest BCUT2D eigenvalue weighted by atomic mass is 19.1. The molecule has 6 nitrogen and oxygen atoms in total. The van der Waals surface area contributed by atoms with Crippen LogP contribution in [0.1, 0.15) is 11.6 Å². The van der Waals surface area contributed by atoms with Crippen LogP contribution < -0.4 is 5.32 Å². The Morgan fingerprint density at radius 1 is 1.20 bits per heavy atom. The van der Waals surface area contributed by atoms with Gasteiger partial charge in [-0.2, -0.15) is 5.26 Å². The molecule has 0 saturated carbocycles. The van der Waals surface area contributed by atoms with Gasteiger partial charge >= 0.3 is 0 Å². The third-order valence-electron chi connectivity index (χ3n) is 3.56. The summed E-state index contributed by atoms with van der Waals surface area (Å²) < 4.78 is 15.1. The first-order valence-electron chi connectivity index (χ1n) is 7.56. The molecule has 0 aliphatic heterocycles. The van der Waals surface area contributed by atoms with E-state index in [1.807, 2.05) is 36.4 Å². The van der Waals surface area contributed by atoms with Crippen LogP contribution in [0.5, 0.6) is 0 Å². The predicted octanol–water partition coefficient (Wildman–Crippen LogP) is 2.47. The first-order chi connectivity index (χ1) is 12.2. The van der Waals surface area contributed by atoms with Crippen molar-refractivity contribution in [2.75, 3.05) is 0 Å². The minimum atomic E-state index is -1.06. The summed E-state index contributed by atoms with van der Waals surface area (Å²) in [5.74, 6) is -0.999. The molecule has 1 amide bonds. The van der Waals surface area contributed by atoms with Crippen molar-refractivity contribution in [2.24, 2.45) is 0 Å². The summed E-state index contributed by atoms with van der Waals surface area (Å²) in [5, 5.41) is 19.6. The van der Waals surface area contributed by atoms with Crippen molar-refractivity contribution < 1.29 is 9.18 Å². The maximum atomic E-state index is 13.8. The van der Waals surface area contributed by atoms with Gasteiger partial charge in [0.25, 0.3) is 0 Å². The SMILES string of the molecule is N#C[C@H](NC(=O)Cn1cc(-c2ccccc2)nn1)c1ccccc1F. The van der Waals surface area contributed by atoms with Crippen molar-refractivity contribution in [3.8, 4) is 17.3 Å². The average molecular weight is 335 g/mol. The van der Waals surface area contributed by atoms with Crippen LogP contribution in [0.2, 0.25) is 0 Å². The van der Waals surface area contributed by atoms with E-state index in [-0.39, 0.29) is 12.1 Å². The van der Waals surface area contributed by atoms with E-state index in [0.717, 1.165) is 5.56 Å². The topological polar surface area (TPSA) is 83.6 Å². The highest BCUT2D eigenvalue weighted by Gasteiger charge is 2.18. The van der Waals surface area contributed by atoms with Crippen LogP contribution >= 0.6 is 0 Å². The highest BCUT2D eigenvalue weighted by Crippen LogP contribution is 2.17. The molecule has 0 bridgehead atoms. The molecule has 0 fully saturated rings. The smallest absolute Gasteiger partial charge is 0.243 e. The third-order valence-corrected chi connectivity index (χ3v) is 3.56. The lowest BCUT2D eigenvalue weighted by Crippen LogP contribution is -2.31. The van der Waals surface area contributed by atoms with E-state index in [4.69, 9.17) is 0 Å². The van der Waals surface area contributed by atoms with E-state index in [1.165, 1.54) is 22.9 Å². The summed E-state index contributed by atoms with van der Waals surface area (Å²) in [6, 6.07) is 16.1. The summed E-state index contributed by atoms with van der Waals surface area (Å²) in [6.07, 6.45) is 1.64. The lowest BCUT2D eigenvalue weighted by atomic mass is 10.1. The normalized spacial score (nSPS) is 11.5. The van der Waals surface area contributed by atoms with Crippen molar-refractivity contribution in [2.45, 2.75) is 12.6 Å². The Morgan fingerprint density at radius 2 is 1.92 bits per heavy atom. The monoisotopic (exact) mass is 335 g/mol. The molecular formula is C18H14FN5O. The fraction of sp³-hybridized carbons (Fsp3) is 0.111. The number of carbonyl (C=O) groups excluding carboxylic acids is 1. The fourth-order valence-electron chi connectivity index (χ4n) is 2.36. The molecule has 1 aromatic heterocycles. The van der Waals surface area contributed by atoms with Gasteiger partial charge in [0.05, 0.1) is 12.3 Å².